The van der Waals surface area contributed by atoms with Gasteiger partial charge in [0.2, 0.25) is 5.91 Å². The third-order valence-electron chi connectivity index (χ3n) is 5.38. The van der Waals surface area contributed by atoms with Crippen LogP contribution in [0.1, 0.15) is 31.0 Å². The molecule has 0 fully saturated rings. The Kier molecular flexibility index (Phi) is 7.37. The molecule has 0 aliphatic carbocycles. The largest absolute Gasteiger partial charge is 0.349 e. The Bertz CT molecular complexity index is 1240. The molecule has 1 aromatic heterocycles. The third kappa shape index (κ3) is 5.69. The van der Waals surface area contributed by atoms with Crippen molar-refractivity contribution in [3.63, 3.8) is 0 Å². The molecule has 1 heterocycles. The second kappa shape index (κ2) is 10.6. The molecule has 0 saturated heterocycles. The lowest BCUT2D eigenvalue weighted by molar-refractivity contribution is -0.120. The van der Waals surface area contributed by atoms with Crippen molar-refractivity contribution in [1.82, 2.24) is 20.1 Å². The van der Waals surface area contributed by atoms with Crippen LogP contribution in [0.3, 0.4) is 0 Å². The molecule has 0 bridgehead atoms. The molecule has 3 aromatic carbocycles. The van der Waals surface area contributed by atoms with E-state index in [2.05, 4.69) is 15.5 Å². The molecule has 4 aromatic rings. The number of nitrogens with one attached hydrogen (secondary N) is 1. The van der Waals surface area contributed by atoms with Crippen molar-refractivity contribution < 1.29 is 13.6 Å². The number of nitrogens with zero attached hydrogens (tertiary/aromatic N) is 3. The summed E-state index contributed by atoms with van der Waals surface area (Å²) in [7, 11) is 0. The molecular formula is C26H24F2N4OS. The van der Waals surface area contributed by atoms with E-state index in [0.717, 1.165) is 16.7 Å². The van der Waals surface area contributed by atoms with Gasteiger partial charge in [-0.2, -0.15) is 0 Å². The number of benzene rings is 3. The van der Waals surface area contributed by atoms with E-state index < -0.39 is 5.25 Å². The molecule has 2 atom stereocenters. The number of halogens is 2. The number of carbonyl (C=O) groups is 1. The Morgan fingerprint density at radius 1 is 0.912 bits per heavy atom. The van der Waals surface area contributed by atoms with Gasteiger partial charge < -0.3 is 5.32 Å². The van der Waals surface area contributed by atoms with Crippen molar-refractivity contribution in [2.45, 2.75) is 36.8 Å². The predicted molar refractivity (Wildman–Crippen MR) is 129 cm³/mol. The Balaban J connectivity index is 1.54. The summed E-state index contributed by atoms with van der Waals surface area (Å²) >= 11 is 1.30. The Morgan fingerprint density at radius 3 is 2.18 bits per heavy atom. The average molecular weight is 479 g/mol. The second-order valence-corrected chi connectivity index (χ2v) is 9.23. The lowest BCUT2D eigenvalue weighted by Gasteiger charge is -2.18. The van der Waals surface area contributed by atoms with Crippen molar-refractivity contribution in [2.24, 2.45) is 0 Å². The number of carbonyl (C=O) groups excluding carboxylic acids is 1. The molecule has 174 valence electrons. The average Bonchev–Trinajstić information content (AvgIpc) is 3.22. The van der Waals surface area contributed by atoms with Crippen LogP contribution < -0.4 is 5.32 Å². The SMILES string of the molecule is CC(Sc1nnc(-c2ccc(F)cc2)n1Cc1ccccc1)C(=O)NC(C)c1ccc(F)cc1. The maximum Gasteiger partial charge on any atom is 0.233 e. The molecule has 2 unspecified atom stereocenters. The van der Waals surface area contributed by atoms with Crippen molar-refractivity contribution in [3.8, 4) is 11.4 Å². The lowest BCUT2D eigenvalue weighted by atomic mass is 10.1. The standard InChI is InChI=1S/C26H24F2N4OS/c1-17(20-8-12-22(27)13-9-20)29-25(33)18(2)34-26-31-30-24(21-10-14-23(28)15-11-21)32(26)16-19-6-4-3-5-7-19/h3-15,17-18H,16H2,1-2H3,(H,29,33). The highest BCUT2D eigenvalue weighted by Crippen LogP contribution is 2.28. The van der Waals surface area contributed by atoms with Crippen LogP contribution >= 0.6 is 11.8 Å². The summed E-state index contributed by atoms with van der Waals surface area (Å²) in [4.78, 5) is 12.9. The number of amides is 1. The molecule has 0 radical (unpaired) electrons. The Hall–Kier alpha value is -3.52. The summed E-state index contributed by atoms with van der Waals surface area (Å²) in [6, 6.07) is 21.7. The zero-order valence-electron chi connectivity index (χ0n) is 18.8. The monoisotopic (exact) mass is 478 g/mol. The zero-order chi connectivity index (χ0) is 24.1. The summed E-state index contributed by atoms with van der Waals surface area (Å²) in [5.41, 5.74) is 2.60. The van der Waals surface area contributed by atoms with Crippen LogP contribution in [-0.4, -0.2) is 25.9 Å². The van der Waals surface area contributed by atoms with Crippen LogP contribution in [-0.2, 0) is 11.3 Å². The van der Waals surface area contributed by atoms with Gasteiger partial charge in [-0.25, -0.2) is 8.78 Å². The molecule has 4 rings (SSSR count). The van der Waals surface area contributed by atoms with Gasteiger partial charge >= 0.3 is 0 Å². The summed E-state index contributed by atoms with van der Waals surface area (Å²) in [5, 5.41) is 11.8. The van der Waals surface area contributed by atoms with Crippen LogP contribution in [0.25, 0.3) is 11.4 Å². The number of rotatable bonds is 8. The zero-order valence-corrected chi connectivity index (χ0v) is 19.6. The molecule has 0 saturated carbocycles. The molecule has 8 heteroatoms. The first kappa shape index (κ1) is 23.6. The fourth-order valence-electron chi connectivity index (χ4n) is 3.47. The van der Waals surface area contributed by atoms with Gasteiger partial charge in [0.1, 0.15) is 11.6 Å². The van der Waals surface area contributed by atoms with Crippen molar-refractivity contribution in [2.75, 3.05) is 0 Å². The van der Waals surface area contributed by atoms with Crippen LogP contribution in [0, 0.1) is 11.6 Å². The Morgan fingerprint density at radius 2 is 1.53 bits per heavy atom. The summed E-state index contributed by atoms with van der Waals surface area (Å²) in [6.07, 6.45) is 0. The van der Waals surface area contributed by atoms with Gasteiger partial charge in [0.15, 0.2) is 11.0 Å². The van der Waals surface area contributed by atoms with E-state index in [0.29, 0.717) is 17.5 Å². The number of thioether (sulfide) groups is 1. The third-order valence-corrected chi connectivity index (χ3v) is 6.46. The van der Waals surface area contributed by atoms with Gasteiger partial charge in [0, 0.05) is 5.56 Å². The first-order valence-corrected chi connectivity index (χ1v) is 11.7. The minimum absolute atomic E-state index is 0.167. The number of aromatic nitrogens is 3. The second-order valence-electron chi connectivity index (χ2n) is 7.93. The van der Waals surface area contributed by atoms with Crippen LogP contribution in [0.5, 0.6) is 0 Å². The van der Waals surface area contributed by atoms with E-state index in [4.69, 9.17) is 0 Å². The maximum atomic E-state index is 13.5. The molecule has 0 aliphatic rings. The smallest absolute Gasteiger partial charge is 0.233 e. The van der Waals surface area contributed by atoms with E-state index in [1.165, 1.54) is 36.0 Å². The molecule has 34 heavy (non-hydrogen) atoms. The molecule has 1 amide bonds. The van der Waals surface area contributed by atoms with Crippen molar-refractivity contribution in [1.29, 1.82) is 0 Å². The highest BCUT2D eigenvalue weighted by Gasteiger charge is 2.22. The first-order chi connectivity index (χ1) is 16.4. The molecule has 1 N–H and O–H groups in total. The maximum absolute atomic E-state index is 13.5. The highest BCUT2D eigenvalue weighted by molar-refractivity contribution is 8.00. The minimum atomic E-state index is -0.456. The van der Waals surface area contributed by atoms with Gasteiger partial charge in [0.05, 0.1) is 17.8 Å². The fraction of sp³-hybridized carbons (Fsp3) is 0.192. The predicted octanol–water partition coefficient (Wildman–Crippen LogP) is 5.63. The first-order valence-electron chi connectivity index (χ1n) is 10.9. The van der Waals surface area contributed by atoms with Crippen LogP contribution in [0.15, 0.2) is 84.0 Å². The van der Waals surface area contributed by atoms with E-state index in [9.17, 15) is 13.6 Å². The van der Waals surface area contributed by atoms with Crippen molar-refractivity contribution in [3.05, 3.63) is 102 Å². The summed E-state index contributed by atoms with van der Waals surface area (Å²) in [5.74, 6) is -0.216. The van der Waals surface area contributed by atoms with Gasteiger partial charge in [-0.3, -0.25) is 9.36 Å². The fourth-order valence-corrected chi connectivity index (χ4v) is 4.33. The van der Waals surface area contributed by atoms with Crippen LogP contribution in [0.2, 0.25) is 0 Å². The van der Waals surface area contributed by atoms with E-state index in [1.807, 2.05) is 41.8 Å². The van der Waals surface area contributed by atoms with Gasteiger partial charge in [-0.1, -0.05) is 54.2 Å². The highest BCUT2D eigenvalue weighted by atomic mass is 32.2. The Labute approximate surface area is 201 Å². The van der Waals surface area contributed by atoms with Gasteiger partial charge in [-0.15, -0.1) is 10.2 Å². The quantitative estimate of drug-likeness (QED) is 0.334. The number of hydrogen-bond acceptors (Lipinski definition) is 4. The van der Waals surface area contributed by atoms with E-state index in [-0.39, 0.29) is 23.6 Å². The topological polar surface area (TPSA) is 59.8 Å². The summed E-state index contributed by atoms with van der Waals surface area (Å²) in [6.45, 7) is 4.16. The lowest BCUT2D eigenvalue weighted by Crippen LogP contribution is -2.33. The molecule has 0 aliphatic heterocycles. The summed E-state index contributed by atoms with van der Waals surface area (Å²) < 4.78 is 28.6. The number of hydrogen-bond donors (Lipinski definition) is 1. The normalized spacial score (nSPS) is 12.8. The molecular weight excluding hydrogens is 454 g/mol. The minimum Gasteiger partial charge on any atom is -0.349 e. The molecule has 5 nitrogen and oxygen atoms in total. The van der Waals surface area contributed by atoms with E-state index >= 15 is 0 Å². The molecule has 0 spiro atoms. The van der Waals surface area contributed by atoms with Gasteiger partial charge in [-0.05, 0) is 61.4 Å². The van der Waals surface area contributed by atoms with E-state index in [1.54, 1.807) is 31.2 Å². The van der Waals surface area contributed by atoms with Crippen LogP contribution in [0.4, 0.5) is 8.78 Å². The van der Waals surface area contributed by atoms with Gasteiger partial charge in [0.25, 0.3) is 0 Å². The van der Waals surface area contributed by atoms with Crippen molar-refractivity contribution >= 4 is 17.7 Å².